The predicted molar refractivity (Wildman–Crippen MR) is 235 cm³/mol. The van der Waals surface area contributed by atoms with Crippen molar-refractivity contribution in [1.29, 1.82) is 0 Å². The maximum atomic E-state index is 5.52. The third-order valence-corrected chi connectivity index (χ3v) is 12.1. The molecule has 0 spiro atoms. The third kappa shape index (κ3) is 7.99. The molecule has 9 heterocycles. The predicted octanol–water partition coefficient (Wildman–Crippen LogP) is -6.30. The van der Waals surface area contributed by atoms with E-state index in [9.17, 15) is 0 Å². The summed E-state index contributed by atoms with van der Waals surface area (Å²) >= 11 is 0. The fraction of sp³-hybridized carbons (Fsp3) is 0.0962. The number of aromatic amines is 3. The maximum Gasteiger partial charge on any atom is 0.212 e. The summed E-state index contributed by atoms with van der Waals surface area (Å²) in [6.07, 6.45) is 17.0. The molecule has 64 heavy (non-hydrogen) atoms. The number of aromatic nitrogens is 7. The van der Waals surface area contributed by atoms with Crippen LogP contribution in [0.5, 0.6) is 0 Å². The van der Waals surface area contributed by atoms with Crippen LogP contribution in [0.15, 0.2) is 181 Å². The molecule has 320 valence electrons. The van der Waals surface area contributed by atoms with E-state index in [4.69, 9.17) is 4.99 Å². The monoisotopic (exact) mass is 920 g/mol. The van der Waals surface area contributed by atoms with E-state index in [0.717, 1.165) is 78.3 Å². The van der Waals surface area contributed by atoms with E-state index in [-0.39, 0.29) is 55.5 Å². The maximum absolute atomic E-state index is 5.52. The summed E-state index contributed by atoms with van der Waals surface area (Å²) < 4.78 is 8.48. The summed E-state index contributed by atoms with van der Waals surface area (Å²) in [6, 6.07) is 44.2. The van der Waals surface area contributed by atoms with Crippen LogP contribution in [-0.4, -0.2) is 20.7 Å². The van der Waals surface area contributed by atoms with Crippen molar-refractivity contribution in [2.24, 2.45) is 33.2 Å². The van der Waals surface area contributed by atoms with Crippen molar-refractivity contribution in [1.82, 2.24) is 15.0 Å². The number of hydrogen-bond acceptors (Lipinski definition) is 1. The van der Waals surface area contributed by atoms with Crippen LogP contribution in [0.3, 0.4) is 0 Å². The Morgan fingerprint density at radius 1 is 0.453 bits per heavy atom. The van der Waals surface area contributed by atoms with E-state index in [1.807, 2.05) is 7.05 Å². The quantitative estimate of drug-likeness (QED) is 0.147. The number of halogens is 4. The molecule has 0 radical (unpaired) electrons. The Hall–Kier alpha value is -6.55. The lowest BCUT2D eigenvalue weighted by atomic mass is 9.93. The number of fused-ring (bicyclic) bond motifs is 9. The van der Waals surface area contributed by atoms with Crippen LogP contribution in [0.4, 0.5) is 0 Å². The normalized spacial score (nSPS) is 14.1. The lowest BCUT2D eigenvalue weighted by molar-refractivity contribution is -0.671. The average molecular weight is 923 g/mol. The van der Waals surface area contributed by atoms with Crippen molar-refractivity contribution in [3.8, 4) is 0 Å². The highest BCUT2D eigenvalue weighted by atomic mass is 35.5. The number of aliphatic imine (C=N–C) groups is 1. The molecule has 2 aliphatic rings. The summed E-state index contributed by atoms with van der Waals surface area (Å²) in [5.74, 6) is -0.0999. The minimum Gasteiger partial charge on any atom is -1.00 e. The van der Waals surface area contributed by atoms with Gasteiger partial charge in [0.2, 0.25) is 11.0 Å². The average Bonchev–Trinajstić information content (AvgIpc) is 4.11. The van der Waals surface area contributed by atoms with Crippen LogP contribution in [0.1, 0.15) is 50.9 Å². The van der Waals surface area contributed by atoms with Crippen LogP contribution < -0.4 is 78.6 Å². The highest BCUT2D eigenvalue weighted by molar-refractivity contribution is 6.30. The first-order valence-electron chi connectivity index (χ1n) is 20.4. The van der Waals surface area contributed by atoms with Crippen LogP contribution in [0.25, 0.3) is 38.5 Å². The largest absolute Gasteiger partial charge is 1.00 e. The topological polar surface area (TPSA) is 75.2 Å². The van der Waals surface area contributed by atoms with E-state index in [0.29, 0.717) is 0 Å². The van der Waals surface area contributed by atoms with E-state index < -0.39 is 0 Å². The number of benzene rings is 2. The Bertz CT molecular complexity index is 3430. The van der Waals surface area contributed by atoms with Crippen molar-refractivity contribution in [2.45, 2.75) is 5.92 Å². The van der Waals surface area contributed by atoms with Crippen molar-refractivity contribution >= 4 is 44.2 Å². The molecule has 0 fully saturated rings. The van der Waals surface area contributed by atoms with Crippen LogP contribution in [0.2, 0.25) is 0 Å². The van der Waals surface area contributed by atoms with E-state index in [1.54, 1.807) is 0 Å². The van der Waals surface area contributed by atoms with E-state index in [2.05, 4.69) is 225 Å². The van der Waals surface area contributed by atoms with Gasteiger partial charge in [-0.2, -0.15) is 0 Å². The summed E-state index contributed by atoms with van der Waals surface area (Å²) in [5.41, 5.74) is 16.0. The van der Waals surface area contributed by atoms with Crippen LogP contribution >= 0.6 is 0 Å². The molecule has 2 aliphatic heterocycles. The number of nitrogens with one attached hydrogen (secondary N) is 3. The highest BCUT2D eigenvalue weighted by Crippen LogP contribution is 2.37. The lowest BCUT2D eigenvalue weighted by Gasteiger charge is -2.16. The second kappa shape index (κ2) is 18.3. The third-order valence-electron chi connectivity index (χ3n) is 12.1. The fourth-order valence-electron chi connectivity index (χ4n) is 9.06. The summed E-state index contributed by atoms with van der Waals surface area (Å²) in [4.78, 5) is 17.3. The van der Waals surface area contributed by atoms with Crippen LogP contribution in [-0.2, 0) is 28.2 Å². The molecule has 11 rings (SSSR count). The Balaban J connectivity index is 0.00000153. The Kier molecular flexibility index (Phi) is 13.0. The number of rotatable bonds is 4. The fourth-order valence-corrected chi connectivity index (χ4v) is 9.06. The zero-order valence-corrected chi connectivity index (χ0v) is 38.5. The summed E-state index contributed by atoms with van der Waals surface area (Å²) in [6.45, 7) is 0. The first kappa shape index (κ1) is 45.5. The van der Waals surface area contributed by atoms with Gasteiger partial charge in [0.1, 0.15) is 28.2 Å². The van der Waals surface area contributed by atoms with Gasteiger partial charge in [-0.15, -0.1) is 0 Å². The second-order valence-electron chi connectivity index (χ2n) is 16.0. The standard InChI is InChI=1S/C52H43N8.4ClH/c1-57-27-21-33(22-28-57)49-39-11-15-43(53-39)51(37-9-19-47-35(31-37)7-5-25-59(47)3)45-17-13-41(55-45)50(34-23-29-58(2)30-24-34)42-14-18-46(56-42)52(44-16-12-40(49)54-44)38-10-20-48-36(32-38)8-6-26-60(48)4;;;;/h5-32,49H,1-4H3,(H2,53,54,55,56);4*1H/q+3;;;;/p-3. The first-order valence-corrected chi connectivity index (χ1v) is 20.4. The molecule has 1 unspecified atom stereocenters. The van der Waals surface area contributed by atoms with Crippen molar-refractivity contribution in [3.63, 3.8) is 0 Å². The Morgan fingerprint density at radius 3 is 1.55 bits per heavy atom. The first-order chi connectivity index (χ1) is 29.3. The molecule has 12 heteroatoms. The van der Waals surface area contributed by atoms with Gasteiger partial charge in [0.25, 0.3) is 0 Å². The molecular weight excluding hydrogens is 878 g/mol. The van der Waals surface area contributed by atoms with Gasteiger partial charge in [0.05, 0.1) is 17.3 Å². The van der Waals surface area contributed by atoms with Crippen molar-refractivity contribution < 1.29 is 67.9 Å². The van der Waals surface area contributed by atoms with Gasteiger partial charge in [-0.3, -0.25) is 0 Å². The van der Waals surface area contributed by atoms with E-state index in [1.165, 1.54) is 27.4 Å². The smallest absolute Gasteiger partial charge is 0.212 e. The molecule has 1 atom stereocenters. The number of hydrogen-bond donors (Lipinski definition) is 3. The van der Waals surface area contributed by atoms with Gasteiger partial charge in [-0.25, -0.2) is 23.3 Å². The van der Waals surface area contributed by atoms with Gasteiger partial charge in [-0.1, -0.05) is 0 Å². The van der Waals surface area contributed by atoms with Crippen molar-refractivity contribution in [2.75, 3.05) is 0 Å². The Labute approximate surface area is 396 Å². The zero-order chi connectivity index (χ0) is 40.5. The van der Waals surface area contributed by atoms with Gasteiger partial charge in [0.15, 0.2) is 37.2 Å². The highest BCUT2D eigenvalue weighted by Gasteiger charge is 2.26. The molecule has 0 amide bonds. The molecule has 8 bridgehead atoms. The molecule has 2 aromatic carbocycles. The van der Waals surface area contributed by atoms with E-state index >= 15 is 0 Å². The molecule has 9 aromatic rings. The molecule has 8 nitrogen and oxygen atoms in total. The number of nitrogens with zero attached hydrogens (tertiary/aromatic N) is 5. The van der Waals surface area contributed by atoms with Gasteiger partial charge >= 0.3 is 0 Å². The molecule has 0 aliphatic carbocycles. The minimum atomic E-state index is -0.0999. The second-order valence-corrected chi connectivity index (χ2v) is 16.0. The Morgan fingerprint density at radius 2 is 0.969 bits per heavy atom. The number of H-pyrrole nitrogens is 3. The zero-order valence-electron chi connectivity index (χ0n) is 35.5. The van der Waals surface area contributed by atoms with Gasteiger partial charge in [0, 0.05) is 109 Å². The molecule has 3 N–H and O–H groups in total. The molecule has 0 saturated heterocycles. The number of allylic oxidation sites excluding steroid dienone is 2. The SMILES string of the molecule is C[n+]1ccc(C2=c3ccc([nH]3)=C(c3ccc4c(ccc[n+]4C)c3)c3ccc([nH]3)C(c3cc[n+](C)cc3)c3ccc([nH]3)C(c3ccc4c(ccc[n+]4C)c3)=C3C=CC2=N3)cc1.[Cl-].[Cl-].[Cl-].[Cl-]. The summed E-state index contributed by atoms with van der Waals surface area (Å²) in [5, 5.41) is 4.34. The molecule has 0 saturated carbocycles. The molecule has 7 aromatic heterocycles. The minimum absolute atomic E-state index is 0. The van der Waals surface area contributed by atoms with Crippen LogP contribution in [0, 0.1) is 0 Å². The number of aryl methyl sites for hydroxylation is 4. The molecular formula is C52H44Cl4N8. The van der Waals surface area contributed by atoms with Gasteiger partial charge in [-0.05, 0) is 107 Å². The van der Waals surface area contributed by atoms with Crippen molar-refractivity contribution in [3.05, 3.63) is 232 Å². The lowest BCUT2D eigenvalue weighted by Crippen LogP contribution is -3.00. The summed E-state index contributed by atoms with van der Waals surface area (Å²) in [7, 11) is 8.30. The number of pyridine rings is 4. The van der Waals surface area contributed by atoms with Gasteiger partial charge < -0.3 is 64.6 Å².